The van der Waals surface area contributed by atoms with Gasteiger partial charge in [0.15, 0.2) is 6.10 Å². The highest BCUT2D eigenvalue weighted by Crippen LogP contribution is 2.22. The summed E-state index contributed by atoms with van der Waals surface area (Å²) in [6.07, 6.45) is -6.30. The lowest BCUT2D eigenvalue weighted by Crippen LogP contribution is -2.29. The third-order valence-electron chi connectivity index (χ3n) is 2.46. The smallest absolute Gasteiger partial charge is 0.414 e. The summed E-state index contributed by atoms with van der Waals surface area (Å²) in [4.78, 5) is 10.5. The van der Waals surface area contributed by atoms with Gasteiger partial charge >= 0.3 is 12.1 Å². The van der Waals surface area contributed by atoms with Gasteiger partial charge in [0.1, 0.15) is 12.4 Å². The Hall–Kier alpha value is -1.76. The molecule has 0 saturated carbocycles. The Labute approximate surface area is 114 Å². The van der Waals surface area contributed by atoms with Crippen LogP contribution in [0.2, 0.25) is 0 Å². The standard InChI is InChI=1S/C13H15F3O4/c1-9(13(14,15)16)19-6-7-20-11-4-2-10(3-5-11)8-12(17)18/h2-5,9H,6-8H2,1H3,(H,17,18). The molecule has 1 atom stereocenters. The molecule has 20 heavy (non-hydrogen) atoms. The number of ether oxygens (including phenoxy) is 2. The minimum absolute atomic E-state index is 0.0152. The minimum atomic E-state index is -4.38. The molecular formula is C13H15F3O4. The van der Waals surface area contributed by atoms with E-state index in [4.69, 9.17) is 9.84 Å². The number of carbonyl (C=O) groups is 1. The van der Waals surface area contributed by atoms with Crippen LogP contribution >= 0.6 is 0 Å². The fraction of sp³-hybridized carbons (Fsp3) is 0.462. The van der Waals surface area contributed by atoms with Crippen molar-refractivity contribution in [1.29, 1.82) is 0 Å². The van der Waals surface area contributed by atoms with Crippen LogP contribution in [0.15, 0.2) is 24.3 Å². The number of carboxylic acids is 1. The van der Waals surface area contributed by atoms with Gasteiger partial charge in [-0.05, 0) is 24.6 Å². The maximum absolute atomic E-state index is 12.1. The number of aliphatic carboxylic acids is 1. The van der Waals surface area contributed by atoms with Gasteiger partial charge in [-0.1, -0.05) is 12.1 Å². The zero-order valence-electron chi connectivity index (χ0n) is 10.8. The summed E-state index contributed by atoms with van der Waals surface area (Å²) < 4.78 is 46.2. The van der Waals surface area contributed by atoms with Crippen LogP contribution in [0.5, 0.6) is 5.75 Å². The Bertz CT molecular complexity index is 428. The molecule has 0 bridgehead atoms. The Morgan fingerprint density at radius 1 is 1.25 bits per heavy atom. The average Bonchev–Trinajstić information content (AvgIpc) is 2.34. The molecule has 7 heteroatoms. The number of benzene rings is 1. The van der Waals surface area contributed by atoms with E-state index in [9.17, 15) is 18.0 Å². The highest BCUT2D eigenvalue weighted by atomic mass is 19.4. The third-order valence-corrected chi connectivity index (χ3v) is 2.46. The van der Waals surface area contributed by atoms with Crippen LogP contribution in [0.1, 0.15) is 12.5 Å². The quantitative estimate of drug-likeness (QED) is 0.785. The number of halogens is 3. The molecule has 0 aliphatic heterocycles. The molecule has 1 rings (SSSR count). The molecule has 4 nitrogen and oxygen atoms in total. The van der Waals surface area contributed by atoms with Crippen LogP contribution in [0, 0.1) is 0 Å². The van der Waals surface area contributed by atoms with E-state index in [0.717, 1.165) is 6.92 Å². The van der Waals surface area contributed by atoms with Gasteiger partial charge in [0, 0.05) is 0 Å². The van der Waals surface area contributed by atoms with E-state index in [1.165, 1.54) is 0 Å². The SMILES string of the molecule is CC(OCCOc1ccc(CC(=O)O)cc1)C(F)(F)F. The lowest BCUT2D eigenvalue weighted by Gasteiger charge is -2.16. The second-order valence-corrected chi connectivity index (χ2v) is 4.12. The predicted molar refractivity (Wildman–Crippen MR) is 64.7 cm³/mol. The van der Waals surface area contributed by atoms with Gasteiger partial charge in [-0.2, -0.15) is 13.2 Å². The van der Waals surface area contributed by atoms with E-state index in [2.05, 4.69) is 4.74 Å². The third kappa shape index (κ3) is 5.92. The molecule has 0 saturated heterocycles. The van der Waals surface area contributed by atoms with E-state index in [0.29, 0.717) is 11.3 Å². The van der Waals surface area contributed by atoms with Gasteiger partial charge in [0.2, 0.25) is 0 Å². The van der Waals surface area contributed by atoms with Crippen LogP contribution in [0.25, 0.3) is 0 Å². The van der Waals surface area contributed by atoms with Crippen LogP contribution in [-0.4, -0.2) is 36.6 Å². The Balaban J connectivity index is 2.30. The Morgan fingerprint density at radius 2 is 1.85 bits per heavy atom. The summed E-state index contributed by atoms with van der Waals surface area (Å²) in [5, 5.41) is 8.59. The van der Waals surface area contributed by atoms with Crippen molar-refractivity contribution in [2.24, 2.45) is 0 Å². The highest BCUT2D eigenvalue weighted by Gasteiger charge is 2.36. The summed E-state index contributed by atoms with van der Waals surface area (Å²) in [6.45, 7) is 0.733. The van der Waals surface area contributed by atoms with Crippen LogP contribution in [-0.2, 0) is 16.0 Å². The molecule has 0 fully saturated rings. The molecule has 112 valence electrons. The van der Waals surface area contributed by atoms with Gasteiger partial charge < -0.3 is 14.6 Å². The van der Waals surface area contributed by atoms with E-state index < -0.39 is 18.2 Å². The Kier molecular flexibility index (Phi) is 5.82. The molecule has 0 aliphatic carbocycles. The number of hydrogen-bond donors (Lipinski definition) is 1. The summed E-state index contributed by atoms with van der Waals surface area (Å²) in [7, 11) is 0. The van der Waals surface area contributed by atoms with E-state index in [-0.39, 0.29) is 19.6 Å². The van der Waals surface area contributed by atoms with Crippen molar-refractivity contribution in [3.63, 3.8) is 0 Å². The molecule has 0 amide bonds. The number of rotatable bonds is 7. The first-order valence-corrected chi connectivity index (χ1v) is 5.91. The lowest BCUT2D eigenvalue weighted by atomic mass is 10.1. The maximum Gasteiger partial charge on any atom is 0.414 e. The molecule has 1 aromatic carbocycles. The first-order chi connectivity index (χ1) is 9.29. The van der Waals surface area contributed by atoms with Crippen molar-refractivity contribution in [3.05, 3.63) is 29.8 Å². The fourth-order valence-corrected chi connectivity index (χ4v) is 1.36. The molecule has 0 aliphatic rings. The normalized spacial score (nSPS) is 13.0. The van der Waals surface area contributed by atoms with Gasteiger partial charge in [-0.15, -0.1) is 0 Å². The number of alkyl halides is 3. The van der Waals surface area contributed by atoms with Gasteiger partial charge in [0.05, 0.1) is 13.0 Å². The molecule has 1 N–H and O–H groups in total. The van der Waals surface area contributed by atoms with Crippen molar-refractivity contribution in [3.8, 4) is 5.75 Å². The minimum Gasteiger partial charge on any atom is -0.491 e. The largest absolute Gasteiger partial charge is 0.491 e. The summed E-state index contributed by atoms with van der Waals surface area (Å²) in [5.74, 6) is -0.490. The lowest BCUT2D eigenvalue weighted by molar-refractivity contribution is -0.215. The van der Waals surface area contributed by atoms with Gasteiger partial charge in [-0.25, -0.2) is 0 Å². The molecule has 1 unspecified atom stereocenters. The molecule has 0 spiro atoms. The average molecular weight is 292 g/mol. The number of hydrogen-bond acceptors (Lipinski definition) is 3. The first-order valence-electron chi connectivity index (χ1n) is 5.91. The van der Waals surface area contributed by atoms with Crippen molar-refractivity contribution in [1.82, 2.24) is 0 Å². The van der Waals surface area contributed by atoms with Crippen LogP contribution in [0.4, 0.5) is 13.2 Å². The monoisotopic (exact) mass is 292 g/mol. The topological polar surface area (TPSA) is 55.8 Å². The van der Waals surface area contributed by atoms with Crippen molar-refractivity contribution >= 4 is 5.97 Å². The van der Waals surface area contributed by atoms with Crippen molar-refractivity contribution in [2.75, 3.05) is 13.2 Å². The second kappa shape index (κ2) is 7.14. The van der Waals surface area contributed by atoms with E-state index >= 15 is 0 Å². The van der Waals surface area contributed by atoms with Gasteiger partial charge in [0.25, 0.3) is 0 Å². The molecular weight excluding hydrogens is 277 g/mol. The first kappa shape index (κ1) is 16.3. The molecule has 1 aromatic rings. The number of carboxylic acid groups (broad SMARTS) is 1. The Morgan fingerprint density at radius 3 is 2.35 bits per heavy atom. The molecule has 0 heterocycles. The summed E-state index contributed by atoms with van der Waals surface area (Å²) in [6, 6.07) is 6.29. The predicted octanol–water partition coefficient (Wildman–Crippen LogP) is 2.66. The fourth-order valence-electron chi connectivity index (χ4n) is 1.36. The van der Waals surface area contributed by atoms with Crippen LogP contribution < -0.4 is 4.74 Å². The van der Waals surface area contributed by atoms with Crippen LogP contribution in [0.3, 0.4) is 0 Å². The molecule has 0 aromatic heterocycles. The van der Waals surface area contributed by atoms with E-state index in [1.54, 1.807) is 24.3 Å². The summed E-state index contributed by atoms with van der Waals surface area (Å²) >= 11 is 0. The van der Waals surface area contributed by atoms with E-state index in [1.807, 2.05) is 0 Å². The highest BCUT2D eigenvalue weighted by molar-refractivity contribution is 5.70. The van der Waals surface area contributed by atoms with Gasteiger partial charge in [-0.3, -0.25) is 4.79 Å². The second-order valence-electron chi connectivity index (χ2n) is 4.12. The summed E-state index contributed by atoms with van der Waals surface area (Å²) in [5.41, 5.74) is 0.617. The van der Waals surface area contributed by atoms with Crippen molar-refractivity contribution in [2.45, 2.75) is 25.6 Å². The maximum atomic E-state index is 12.1. The molecule has 0 radical (unpaired) electrons. The zero-order valence-corrected chi connectivity index (χ0v) is 10.8. The van der Waals surface area contributed by atoms with Crippen molar-refractivity contribution < 1.29 is 32.5 Å². The zero-order chi connectivity index (χ0) is 15.2.